The van der Waals surface area contributed by atoms with Crippen molar-refractivity contribution in [3.63, 3.8) is 0 Å². The third-order valence-corrected chi connectivity index (χ3v) is 3.79. The largest absolute Gasteiger partial charge is 0.479 e. The molecule has 1 unspecified atom stereocenters. The van der Waals surface area contributed by atoms with Crippen LogP contribution >= 0.6 is 0 Å². The molecule has 0 bridgehead atoms. The van der Waals surface area contributed by atoms with Crippen LogP contribution in [0.15, 0.2) is 0 Å². The van der Waals surface area contributed by atoms with Crippen molar-refractivity contribution >= 4 is 5.97 Å². The maximum absolute atomic E-state index is 10.7. The summed E-state index contributed by atoms with van der Waals surface area (Å²) >= 11 is 0. The van der Waals surface area contributed by atoms with Crippen molar-refractivity contribution in [3.05, 3.63) is 0 Å². The van der Waals surface area contributed by atoms with Crippen molar-refractivity contribution in [1.82, 2.24) is 5.32 Å². The first-order valence-electron chi connectivity index (χ1n) is 6.58. The van der Waals surface area contributed by atoms with Gasteiger partial charge < -0.3 is 15.5 Å². The fraction of sp³-hybridized carbons (Fsp3) is 0.923. The van der Waals surface area contributed by atoms with Crippen LogP contribution in [0.25, 0.3) is 0 Å². The predicted octanol–water partition coefficient (Wildman–Crippen LogP) is 1.63. The predicted molar refractivity (Wildman–Crippen MR) is 66.9 cm³/mol. The maximum Gasteiger partial charge on any atom is 0.336 e. The lowest BCUT2D eigenvalue weighted by atomic mass is 9.81. The Morgan fingerprint density at radius 3 is 2.47 bits per heavy atom. The fourth-order valence-corrected chi connectivity index (χ4v) is 2.33. The Kier molecular flexibility index (Phi) is 5.40. The summed E-state index contributed by atoms with van der Waals surface area (Å²) in [5.41, 5.74) is -1.65. The minimum atomic E-state index is -1.65. The molecule has 0 aromatic carbocycles. The van der Waals surface area contributed by atoms with E-state index in [-0.39, 0.29) is 6.54 Å². The molecule has 0 saturated heterocycles. The average Bonchev–Trinajstić information content (AvgIpc) is 2.26. The lowest BCUT2D eigenvalue weighted by Crippen LogP contribution is -2.45. The zero-order chi connectivity index (χ0) is 12.9. The van der Waals surface area contributed by atoms with Crippen molar-refractivity contribution in [2.24, 2.45) is 11.8 Å². The molecular weight excluding hydrogens is 218 g/mol. The van der Waals surface area contributed by atoms with Crippen LogP contribution in [0.3, 0.4) is 0 Å². The van der Waals surface area contributed by atoms with Gasteiger partial charge in [-0.1, -0.05) is 32.6 Å². The standard InChI is InChI=1S/C13H25NO3/c1-10-3-5-11(6-4-10)7-8-14-9-13(2,17)12(15)16/h10-11,14,17H,3-9H2,1-2H3,(H,15,16). The van der Waals surface area contributed by atoms with Gasteiger partial charge in [0, 0.05) is 6.54 Å². The first kappa shape index (κ1) is 14.5. The molecule has 3 N–H and O–H groups in total. The number of nitrogens with one attached hydrogen (secondary N) is 1. The summed E-state index contributed by atoms with van der Waals surface area (Å²) in [6, 6.07) is 0. The molecule has 1 aliphatic carbocycles. The van der Waals surface area contributed by atoms with Crippen LogP contribution in [0, 0.1) is 11.8 Å². The summed E-state index contributed by atoms with van der Waals surface area (Å²) in [7, 11) is 0. The van der Waals surface area contributed by atoms with E-state index >= 15 is 0 Å². The Morgan fingerprint density at radius 1 is 1.35 bits per heavy atom. The molecule has 0 heterocycles. The lowest BCUT2D eigenvalue weighted by molar-refractivity contribution is -0.156. The summed E-state index contributed by atoms with van der Waals surface area (Å²) in [5.74, 6) is 0.469. The highest BCUT2D eigenvalue weighted by molar-refractivity contribution is 5.76. The molecule has 1 atom stereocenters. The van der Waals surface area contributed by atoms with Gasteiger partial charge >= 0.3 is 5.97 Å². The highest BCUT2D eigenvalue weighted by Crippen LogP contribution is 2.29. The number of rotatable bonds is 6. The first-order valence-corrected chi connectivity index (χ1v) is 6.58. The van der Waals surface area contributed by atoms with E-state index in [1.165, 1.54) is 32.6 Å². The van der Waals surface area contributed by atoms with Gasteiger partial charge in [-0.3, -0.25) is 0 Å². The molecule has 0 amide bonds. The molecule has 0 spiro atoms. The first-order chi connectivity index (χ1) is 7.92. The minimum Gasteiger partial charge on any atom is -0.479 e. The average molecular weight is 243 g/mol. The zero-order valence-electron chi connectivity index (χ0n) is 10.9. The fourth-order valence-electron chi connectivity index (χ4n) is 2.33. The minimum absolute atomic E-state index is 0.117. The van der Waals surface area contributed by atoms with Gasteiger partial charge in [0.15, 0.2) is 5.60 Å². The lowest BCUT2D eigenvalue weighted by Gasteiger charge is -2.26. The molecule has 1 fully saturated rings. The van der Waals surface area contributed by atoms with E-state index in [0.717, 1.165) is 24.8 Å². The highest BCUT2D eigenvalue weighted by Gasteiger charge is 2.29. The van der Waals surface area contributed by atoms with Gasteiger partial charge in [0.2, 0.25) is 0 Å². The van der Waals surface area contributed by atoms with Crippen LogP contribution in [0.1, 0.15) is 46.0 Å². The van der Waals surface area contributed by atoms with Gasteiger partial charge in [-0.05, 0) is 31.7 Å². The normalized spacial score (nSPS) is 28.6. The van der Waals surface area contributed by atoms with E-state index in [4.69, 9.17) is 5.11 Å². The number of carboxylic acids is 1. The smallest absolute Gasteiger partial charge is 0.336 e. The van der Waals surface area contributed by atoms with Gasteiger partial charge in [0.25, 0.3) is 0 Å². The van der Waals surface area contributed by atoms with Crippen molar-refractivity contribution in [3.8, 4) is 0 Å². The van der Waals surface area contributed by atoms with E-state index in [0.29, 0.717) is 0 Å². The van der Waals surface area contributed by atoms with E-state index in [1.54, 1.807) is 0 Å². The molecular formula is C13H25NO3. The number of aliphatic hydroxyl groups is 1. The number of carboxylic acid groups (broad SMARTS) is 1. The van der Waals surface area contributed by atoms with Gasteiger partial charge in [0.05, 0.1) is 0 Å². The summed E-state index contributed by atoms with van der Waals surface area (Å²) in [5, 5.41) is 21.3. The third kappa shape index (κ3) is 5.04. The van der Waals surface area contributed by atoms with Crippen LogP contribution in [0.4, 0.5) is 0 Å². The topological polar surface area (TPSA) is 69.6 Å². The molecule has 100 valence electrons. The van der Waals surface area contributed by atoms with Crippen LogP contribution in [0.5, 0.6) is 0 Å². The molecule has 4 nitrogen and oxygen atoms in total. The molecule has 4 heteroatoms. The van der Waals surface area contributed by atoms with Gasteiger partial charge in [-0.25, -0.2) is 4.79 Å². The van der Waals surface area contributed by atoms with E-state index in [2.05, 4.69) is 12.2 Å². The molecule has 0 aliphatic heterocycles. The molecule has 0 aromatic heterocycles. The third-order valence-electron chi connectivity index (χ3n) is 3.79. The van der Waals surface area contributed by atoms with Gasteiger partial charge in [-0.2, -0.15) is 0 Å². The summed E-state index contributed by atoms with van der Waals surface area (Å²) in [6.07, 6.45) is 6.30. The molecule has 1 rings (SSSR count). The highest BCUT2D eigenvalue weighted by atomic mass is 16.4. The Balaban J connectivity index is 2.10. The monoisotopic (exact) mass is 243 g/mol. The molecule has 1 saturated carbocycles. The van der Waals surface area contributed by atoms with Crippen molar-refractivity contribution in [2.75, 3.05) is 13.1 Å². The molecule has 1 aliphatic rings. The zero-order valence-corrected chi connectivity index (χ0v) is 10.9. The molecule has 0 aromatic rings. The number of carbonyl (C=O) groups is 1. The molecule has 17 heavy (non-hydrogen) atoms. The van der Waals surface area contributed by atoms with Crippen LogP contribution in [-0.2, 0) is 4.79 Å². The second-order valence-electron chi connectivity index (χ2n) is 5.67. The van der Waals surface area contributed by atoms with Gasteiger partial charge in [0.1, 0.15) is 0 Å². The Labute approximate surface area is 103 Å². The van der Waals surface area contributed by atoms with Crippen molar-refractivity contribution < 1.29 is 15.0 Å². The Bertz CT molecular complexity index is 245. The maximum atomic E-state index is 10.7. The number of aliphatic carboxylic acids is 1. The SMILES string of the molecule is CC1CCC(CCNCC(C)(O)C(=O)O)CC1. The van der Waals surface area contributed by atoms with Crippen LogP contribution in [-0.4, -0.2) is 34.9 Å². The van der Waals surface area contributed by atoms with Gasteiger partial charge in [-0.15, -0.1) is 0 Å². The van der Waals surface area contributed by atoms with E-state index in [1.807, 2.05) is 0 Å². The van der Waals surface area contributed by atoms with Crippen molar-refractivity contribution in [2.45, 2.75) is 51.6 Å². The number of hydrogen-bond donors (Lipinski definition) is 3. The Hall–Kier alpha value is -0.610. The Morgan fingerprint density at radius 2 is 1.94 bits per heavy atom. The quantitative estimate of drug-likeness (QED) is 0.620. The van der Waals surface area contributed by atoms with Crippen LogP contribution < -0.4 is 5.32 Å². The van der Waals surface area contributed by atoms with E-state index < -0.39 is 11.6 Å². The number of hydrogen-bond acceptors (Lipinski definition) is 3. The summed E-state index contributed by atoms with van der Waals surface area (Å²) in [4.78, 5) is 10.7. The van der Waals surface area contributed by atoms with Crippen molar-refractivity contribution in [1.29, 1.82) is 0 Å². The van der Waals surface area contributed by atoms with E-state index in [9.17, 15) is 9.90 Å². The summed E-state index contributed by atoms with van der Waals surface area (Å²) < 4.78 is 0. The second-order valence-corrected chi connectivity index (χ2v) is 5.67. The summed E-state index contributed by atoms with van der Waals surface area (Å²) in [6.45, 7) is 4.54. The molecule has 0 radical (unpaired) electrons. The van der Waals surface area contributed by atoms with Crippen LogP contribution in [0.2, 0.25) is 0 Å². The second kappa shape index (κ2) is 6.36.